The maximum atomic E-state index is 4.16. The van der Waals surface area contributed by atoms with Gasteiger partial charge < -0.3 is 0 Å². The molecule has 0 N–H and O–H groups in total. The molecule has 2 aromatic heterocycles. The molecule has 2 heterocycles. The summed E-state index contributed by atoms with van der Waals surface area (Å²) in [7, 11) is 1.88. The summed E-state index contributed by atoms with van der Waals surface area (Å²) in [6.45, 7) is 2.02. The molecule has 0 bridgehead atoms. The van der Waals surface area contributed by atoms with Gasteiger partial charge in [-0.1, -0.05) is 0 Å². The average molecular weight is 149 g/mol. The van der Waals surface area contributed by atoms with Crippen LogP contribution in [-0.4, -0.2) is 14.8 Å². The van der Waals surface area contributed by atoms with Gasteiger partial charge in [-0.15, -0.1) is 9.67 Å². The molecule has 0 saturated carbocycles. The molecular weight excluding hydrogens is 140 g/mol. The quantitative estimate of drug-likeness (QED) is 0.489. The third-order valence-electron chi connectivity index (χ3n) is 1.73. The lowest BCUT2D eigenvalue weighted by Crippen LogP contribution is -2.24. The standard InChI is InChI=1S/C7H9N4/c1-6-3-4-8-7-10(2)9-5-11(6)7/h3-5H,1-2H3/q+1. The Balaban J connectivity index is 2.94. The highest BCUT2D eigenvalue weighted by molar-refractivity contribution is 5.14. The van der Waals surface area contributed by atoms with Crippen molar-refractivity contribution < 1.29 is 4.40 Å². The maximum Gasteiger partial charge on any atom is 0.386 e. The second-order valence-corrected chi connectivity index (χ2v) is 2.51. The van der Waals surface area contributed by atoms with Crippen molar-refractivity contribution in [2.75, 3.05) is 0 Å². The van der Waals surface area contributed by atoms with Crippen LogP contribution in [0.2, 0.25) is 0 Å². The van der Waals surface area contributed by atoms with Gasteiger partial charge in [-0.25, -0.2) is 0 Å². The molecule has 0 radical (unpaired) electrons. The van der Waals surface area contributed by atoms with E-state index in [1.54, 1.807) is 17.2 Å². The molecule has 0 spiro atoms. The summed E-state index contributed by atoms with van der Waals surface area (Å²) in [6.07, 6.45) is 3.55. The monoisotopic (exact) mass is 149 g/mol. The number of nitrogens with zero attached hydrogens (tertiary/aromatic N) is 4. The number of rotatable bonds is 0. The predicted molar refractivity (Wildman–Crippen MR) is 38.9 cm³/mol. The lowest BCUT2D eigenvalue weighted by atomic mass is 10.4. The third kappa shape index (κ3) is 0.790. The molecule has 2 rings (SSSR count). The largest absolute Gasteiger partial charge is 0.386 e. The Kier molecular flexibility index (Phi) is 1.15. The minimum absolute atomic E-state index is 0.866. The highest BCUT2D eigenvalue weighted by Gasteiger charge is 2.08. The highest BCUT2D eigenvalue weighted by Crippen LogP contribution is 1.90. The van der Waals surface area contributed by atoms with E-state index in [-0.39, 0.29) is 0 Å². The van der Waals surface area contributed by atoms with Crippen LogP contribution in [0.1, 0.15) is 5.69 Å². The minimum atomic E-state index is 0.866. The van der Waals surface area contributed by atoms with Crippen LogP contribution < -0.4 is 4.40 Å². The van der Waals surface area contributed by atoms with E-state index in [1.165, 1.54) is 0 Å². The van der Waals surface area contributed by atoms with E-state index in [0.717, 1.165) is 11.5 Å². The van der Waals surface area contributed by atoms with Crippen LogP contribution in [0.5, 0.6) is 0 Å². The fourth-order valence-corrected chi connectivity index (χ4v) is 1.07. The number of aryl methyl sites for hydroxylation is 2. The highest BCUT2D eigenvalue weighted by atomic mass is 15.4. The van der Waals surface area contributed by atoms with Gasteiger partial charge in [0.15, 0.2) is 0 Å². The maximum absolute atomic E-state index is 4.16. The normalized spacial score (nSPS) is 10.7. The SMILES string of the molecule is Cc1ccnc2n(C)nc[n+]12. The fraction of sp³-hybridized carbons (Fsp3) is 0.286. The minimum Gasteiger partial charge on any atom is -0.195 e. The van der Waals surface area contributed by atoms with Crippen molar-refractivity contribution in [1.29, 1.82) is 0 Å². The van der Waals surface area contributed by atoms with Crippen LogP contribution in [0.25, 0.3) is 5.78 Å². The Bertz CT molecular complexity index is 390. The van der Waals surface area contributed by atoms with Crippen LogP contribution in [-0.2, 0) is 7.05 Å². The summed E-state index contributed by atoms with van der Waals surface area (Å²) in [5, 5.41) is 4.07. The first-order chi connectivity index (χ1) is 5.29. The Morgan fingerprint density at radius 1 is 1.55 bits per heavy atom. The molecule has 4 nitrogen and oxygen atoms in total. The Hall–Kier alpha value is -1.45. The van der Waals surface area contributed by atoms with E-state index in [2.05, 4.69) is 10.1 Å². The molecule has 0 fully saturated rings. The number of hydrogen-bond acceptors (Lipinski definition) is 2. The van der Waals surface area contributed by atoms with Gasteiger partial charge in [0.1, 0.15) is 0 Å². The first-order valence-electron chi connectivity index (χ1n) is 3.44. The number of hydrogen-bond donors (Lipinski definition) is 0. The summed E-state index contributed by atoms with van der Waals surface area (Å²) in [4.78, 5) is 4.16. The van der Waals surface area contributed by atoms with Crippen LogP contribution >= 0.6 is 0 Å². The first-order valence-corrected chi connectivity index (χ1v) is 3.44. The van der Waals surface area contributed by atoms with Crippen LogP contribution in [0.3, 0.4) is 0 Å². The summed E-state index contributed by atoms with van der Waals surface area (Å²) >= 11 is 0. The van der Waals surface area contributed by atoms with Crippen LogP contribution in [0, 0.1) is 6.92 Å². The molecule has 0 amide bonds. The fourth-order valence-electron chi connectivity index (χ4n) is 1.07. The van der Waals surface area contributed by atoms with Crippen molar-refractivity contribution in [3.8, 4) is 0 Å². The first kappa shape index (κ1) is 6.27. The molecule has 0 aromatic carbocycles. The van der Waals surface area contributed by atoms with Crippen molar-refractivity contribution in [2.45, 2.75) is 6.92 Å². The summed E-state index contributed by atoms with van der Waals surface area (Å²) in [5.41, 5.74) is 1.14. The average Bonchev–Trinajstić information content (AvgIpc) is 2.35. The Morgan fingerprint density at radius 3 is 3.09 bits per heavy atom. The van der Waals surface area contributed by atoms with Crippen molar-refractivity contribution >= 4 is 5.78 Å². The van der Waals surface area contributed by atoms with E-state index in [1.807, 2.05) is 24.4 Å². The van der Waals surface area contributed by atoms with Gasteiger partial charge in [-0.3, -0.25) is 0 Å². The van der Waals surface area contributed by atoms with Crippen LogP contribution in [0.4, 0.5) is 0 Å². The Morgan fingerprint density at radius 2 is 2.36 bits per heavy atom. The van der Waals surface area contributed by atoms with E-state index >= 15 is 0 Å². The summed E-state index contributed by atoms with van der Waals surface area (Å²) in [5.74, 6) is 0.866. The molecule has 56 valence electrons. The van der Waals surface area contributed by atoms with Gasteiger partial charge >= 0.3 is 5.78 Å². The zero-order valence-corrected chi connectivity index (χ0v) is 6.52. The van der Waals surface area contributed by atoms with Crippen molar-refractivity contribution in [1.82, 2.24) is 14.8 Å². The molecule has 0 aliphatic rings. The second kappa shape index (κ2) is 2.02. The zero-order chi connectivity index (χ0) is 7.84. The molecule has 0 unspecified atom stereocenters. The summed E-state index contributed by atoms with van der Waals surface area (Å²) in [6, 6.07) is 1.95. The van der Waals surface area contributed by atoms with E-state index in [9.17, 15) is 0 Å². The van der Waals surface area contributed by atoms with Crippen molar-refractivity contribution in [3.63, 3.8) is 0 Å². The number of fused-ring (bicyclic) bond motifs is 1. The molecular formula is C7H9N4+. The number of aromatic nitrogens is 4. The van der Waals surface area contributed by atoms with Crippen molar-refractivity contribution in [3.05, 3.63) is 24.3 Å². The third-order valence-corrected chi connectivity index (χ3v) is 1.73. The van der Waals surface area contributed by atoms with Gasteiger partial charge in [-0.2, -0.15) is 4.40 Å². The zero-order valence-electron chi connectivity index (χ0n) is 6.52. The molecule has 0 aliphatic carbocycles. The molecule has 2 aromatic rings. The predicted octanol–water partition coefficient (Wildman–Crippen LogP) is -0.138. The topological polar surface area (TPSA) is 34.8 Å². The molecule has 0 saturated heterocycles. The molecule has 0 aliphatic heterocycles. The van der Waals surface area contributed by atoms with Crippen LogP contribution in [0.15, 0.2) is 18.6 Å². The van der Waals surface area contributed by atoms with E-state index < -0.39 is 0 Å². The second-order valence-electron chi connectivity index (χ2n) is 2.51. The van der Waals surface area contributed by atoms with Gasteiger partial charge in [-0.05, 0) is 12.0 Å². The molecule has 0 atom stereocenters. The van der Waals surface area contributed by atoms with E-state index in [0.29, 0.717) is 0 Å². The van der Waals surface area contributed by atoms with Gasteiger partial charge in [0.25, 0.3) is 0 Å². The Labute approximate surface area is 64.1 Å². The molecule has 4 heteroatoms. The van der Waals surface area contributed by atoms with E-state index in [4.69, 9.17) is 0 Å². The summed E-state index contributed by atoms with van der Waals surface area (Å²) < 4.78 is 3.69. The molecule has 11 heavy (non-hydrogen) atoms. The smallest absolute Gasteiger partial charge is 0.195 e. The lowest BCUT2D eigenvalue weighted by Gasteiger charge is -1.88. The van der Waals surface area contributed by atoms with Gasteiger partial charge in [0, 0.05) is 6.07 Å². The van der Waals surface area contributed by atoms with Crippen molar-refractivity contribution in [2.24, 2.45) is 7.05 Å². The lowest BCUT2D eigenvalue weighted by molar-refractivity contribution is -0.523. The van der Waals surface area contributed by atoms with Gasteiger partial charge in [0.05, 0.1) is 18.9 Å². The van der Waals surface area contributed by atoms with Gasteiger partial charge in [0.2, 0.25) is 6.33 Å².